The van der Waals surface area contributed by atoms with Crippen molar-refractivity contribution in [3.8, 4) is 11.5 Å². The summed E-state index contributed by atoms with van der Waals surface area (Å²) in [7, 11) is 1.44. The van der Waals surface area contributed by atoms with Gasteiger partial charge in [-0.1, -0.05) is 0 Å². The van der Waals surface area contributed by atoms with Gasteiger partial charge in [0, 0.05) is 13.1 Å². The molecule has 1 aromatic carbocycles. The van der Waals surface area contributed by atoms with E-state index in [4.69, 9.17) is 14.6 Å². The zero-order chi connectivity index (χ0) is 16.8. The van der Waals surface area contributed by atoms with Gasteiger partial charge in [0.25, 0.3) is 0 Å². The number of nitrogens with zero attached hydrogens (tertiary/aromatic N) is 2. The molecule has 1 aromatic rings. The molecule has 1 unspecified atom stereocenters. The van der Waals surface area contributed by atoms with Crippen LogP contribution >= 0.6 is 12.4 Å². The number of carboxylic acids is 1. The van der Waals surface area contributed by atoms with Gasteiger partial charge in [-0.2, -0.15) is 0 Å². The van der Waals surface area contributed by atoms with Gasteiger partial charge >= 0.3 is 11.7 Å². The Bertz CT molecular complexity index is 583. The molecule has 24 heavy (non-hydrogen) atoms. The van der Waals surface area contributed by atoms with Crippen molar-refractivity contribution in [3.05, 3.63) is 28.3 Å². The highest BCUT2D eigenvalue weighted by molar-refractivity contribution is 5.85. The zero-order valence-corrected chi connectivity index (χ0v) is 14.2. The summed E-state index contributed by atoms with van der Waals surface area (Å²) in [5.41, 5.74) is -0.147. The van der Waals surface area contributed by atoms with E-state index in [1.165, 1.54) is 19.2 Å². The molecule has 0 amide bonds. The Morgan fingerprint density at radius 3 is 2.88 bits per heavy atom. The SMILES string of the molecule is COc1ccc(OCCN2CCCC(C(=O)O)C2)c([N+](=O)[O-])c1.Cl. The first kappa shape index (κ1) is 20.0. The Balaban J connectivity index is 0.00000288. The van der Waals surface area contributed by atoms with E-state index in [1.54, 1.807) is 6.07 Å². The number of carboxylic acid groups (broad SMARTS) is 1. The van der Waals surface area contributed by atoms with Gasteiger partial charge < -0.3 is 14.6 Å². The van der Waals surface area contributed by atoms with Gasteiger partial charge in [0.1, 0.15) is 12.4 Å². The van der Waals surface area contributed by atoms with Crippen LogP contribution < -0.4 is 9.47 Å². The van der Waals surface area contributed by atoms with E-state index in [2.05, 4.69) is 0 Å². The van der Waals surface area contributed by atoms with Crippen LogP contribution in [0.3, 0.4) is 0 Å². The molecule has 1 saturated heterocycles. The molecule has 1 aliphatic heterocycles. The Labute approximate surface area is 145 Å². The van der Waals surface area contributed by atoms with Gasteiger partial charge in [-0.3, -0.25) is 19.8 Å². The average molecular weight is 361 g/mol. The van der Waals surface area contributed by atoms with Crippen molar-refractivity contribution < 1.29 is 24.3 Å². The molecule has 134 valence electrons. The number of rotatable bonds is 7. The van der Waals surface area contributed by atoms with E-state index < -0.39 is 10.9 Å². The number of benzene rings is 1. The summed E-state index contributed by atoms with van der Waals surface area (Å²) in [6.07, 6.45) is 1.52. The predicted octanol–water partition coefficient (Wildman–Crippen LogP) is 2.20. The summed E-state index contributed by atoms with van der Waals surface area (Å²) in [5.74, 6) is -0.549. The lowest BCUT2D eigenvalue weighted by atomic mass is 9.98. The number of ether oxygens (including phenoxy) is 2. The summed E-state index contributed by atoms with van der Waals surface area (Å²) in [4.78, 5) is 23.6. The predicted molar refractivity (Wildman–Crippen MR) is 89.2 cm³/mol. The third-order valence-electron chi connectivity index (χ3n) is 3.88. The molecule has 0 spiro atoms. The van der Waals surface area contributed by atoms with Gasteiger partial charge in [0.15, 0.2) is 5.75 Å². The first-order chi connectivity index (χ1) is 11.0. The molecule has 0 aliphatic carbocycles. The summed E-state index contributed by atoms with van der Waals surface area (Å²) >= 11 is 0. The topological polar surface area (TPSA) is 102 Å². The van der Waals surface area contributed by atoms with Crippen LogP contribution in [-0.2, 0) is 4.79 Å². The number of likely N-dealkylation sites (tertiary alicyclic amines) is 1. The molecule has 1 N–H and O–H groups in total. The largest absolute Gasteiger partial charge is 0.496 e. The van der Waals surface area contributed by atoms with Gasteiger partial charge in [-0.15, -0.1) is 12.4 Å². The number of aliphatic carboxylic acids is 1. The first-order valence-electron chi connectivity index (χ1n) is 7.41. The average Bonchev–Trinajstić information content (AvgIpc) is 2.55. The van der Waals surface area contributed by atoms with Crippen molar-refractivity contribution in [2.75, 3.05) is 33.4 Å². The van der Waals surface area contributed by atoms with Crippen LogP contribution in [0, 0.1) is 16.0 Å². The van der Waals surface area contributed by atoms with Crippen molar-refractivity contribution >= 4 is 24.1 Å². The molecular weight excluding hydrogens is 340 g/mol. The minimum absolute atomic E-state index is 0. The zero-order valence-electron chi connectivity index (χ0n) is 13.3. The molecule has 1 fully saturated rings. The lowest BCUT2D eigenvalue weighted by Crippen LogP contribution is -2.40. The normalized spacial score (nSPS) is 17.6. The number of nitro groups is 1. The minimum atomic E-state index is -0.776. The molecule has 0 radical (unpaired) electrons. The number of hydrogen-bond donors (Lipinski definition) is 1. The van der Waals surface area contributed by atoms with E-state index in [-0.39, 0.29) is 36.4 Å². The maximum Gasteiger partial charge on any atom is 0.314 e. The maximum absolute atomic E-state index is 11.1. The Kier molecular flexibility index (Phi) is 7.73. The second-order valence-electron chi connectivity index (χ2n) is 5.42. The molecule has 1 heterocycles. The second-order valence-corrected chi connectivity index (χ2v) is 5.42. The molecule has 2 rings (SSSR count). The van der Waals surface area contributed by atoms with Gasteiger partial charge in [-0.05, 0) is 31.5 Å². The third-order valence-corrected chi connectivity index (χ3v) is 3.88. The smallest absolute Gasteiger partial charge is 0.314 e. The maximum atomic E-state index is 11.1. The van der Waals surface area contributed by atoms with E-state index in [0.717, 1.165) is 13.0 Å². The van der Waals surface area contributed by atoms with Crippen LogP contribution in [-0.4, -0.2) is 54.3 Å². The van der Waals surface area contributed by atoms with Crippen LogP contribution in [0.15, 0.2) is 18.2 Å². The fourth-order valence-electron chi connectivity index (χ4n) is 2.63. The number of hydrogen-bond acceptors (Lipinski definition) is 6. The van der Waals surface area contributed by atoms with Crippen molar-refractivity contribution in [1.82, 2.24) is 4.90 Å². The molecule has 1 atom stereocenters. The Morgan fingerprint density at radius 1 is 1.50 bits per heavy atom. The Morgan fingerprint density at radius 2 is 2.25 bits per heavy atom. The molecular formula is C15H21ClN2O6. The summed E-state index contributed by atoms with van der Waals surface area (Å²) in [5, 5.41) is 20.1. The van der Waals surface area contributed by atoms with Crippen molar-refractivity contribution in [2.45, 2.75) is 12.8 Å². The van der Waals surface area contributed by atoms with E-state index >= 15 is 0 Å². The minimum Gasteiger partial charge on any atom is -0.496 e. The van der Waals surface area contributed by atoms with Gasteiger partial charge in [0.2, 0.25) is 0 Å². The van der Waals surface area contributed by atoms with E-state index in [1.807, 2.05) is 4.90 Å². The number of nitro benzene ring substituents is 1. The molecule has 0 aromatic heterocycles. The van der Waals surface area contributed by atoms with Crippen molar-refractivity contribution in [3.63, 3.8) is 0 Å². The fourth-order valence-corrected chi connectivity index (χ4v) is 2.63. The molecule has 8 nitrogen and oxygen atoms in total. The molecule has 0 bridgehead atoms. The summed E-state index contributed by atoms with van der Waals surface area (Å²) < 4.78 is 10.5. The highest BCUT2D eigenvalue weighted by atomic mass is 35.5. The van der Waals surface area contributed by atoms with Gasteiger partial charge in [-0.25, -0.2) is 0 Å². The second kappa shape index (κ2) is 9.29. The monoisotopic (exact) mass is 360 g/mol. The van der Waals surface area contributed by atoms with Crippen LogP contribution in [0.5, 0.6) is 11.5 Å². The number of piperidine rings is 1. The molecule has 0 saturated carbocycles. The fraction of sp³-hybridized carbons (Fsp3) is 0.533. The highest BCUT2D eigenvalue weighted by Gasteiger charge is 2.25. The number of methoxy groups -OCH3 is 1. The van der Waals surface area contributed by atoms with E-state index in [9.17, 15) is 14.9 Å². The Hall–Kier alpha value is -2.06. The third kappa shape index (κ3) is 5.24. The van der Waals surface area contributed by atoms with Crippen LogP contribution in [0.1, 0.15) is 12.8 Å². The van der Waals surface area contributed by atoms with Crippen LogP contribution in [0.4, 0.5) is 5.69 Å². The number of halogens is 1. The van der Waals surface area contributed by atoms with Crippen LogP contribution in [0.2, 0.25) is 0 Å². The van der Waals surface area contributed by atoms with Crippen LogP contribution in [0.25, 0.3) is 0 Å². The molecule has 1 aliphatic rings. The standard InChI is InChI=1S/C15H20N2O6.ClH/c1-22-12-4-5-14(13(9-12)17(20)21)23-8-7-16-6-2-3-11(10-16)15(18)19;/h4-5,9,11H,2-3,6-8,10H2,1H3,(H,18,19);1H. The van der Waals surface area contributed by atoms with Crippen molar-refractivity contribution in [2.24, 2.45) is 5.92 Å². The lowest BCUT2D eigenvalue weighted by molar-refractivity contribution is -0.385. The van der Waals surface area contributed by atoms with Crippen molar-refractivity contribution in [1.29, 1.82) is 0 Å². The lowest BCUT2D eigenvalue weighted by Gasteiger charge is -2.30. The number of carbonyl (C=O) groups is 1. The van der Waals surface area contributed by atoms with Gasteiger partial charge in [0.05, 0.1) is 24.0 Å². The summed E-state index contributed by atoms with van der Waals surface area (Å²) in [6.45, 7) is 2.10. The quantitative estimate of drug-likeness (QED) is 0.587. The molecule has 9 heteroatoms. The van der Waals surface area contributed by atoms with E-state index in [0.29, 0.717) is 25.3 Å². The highest BCUT2D eigenvalue weighted by Crippen LogP contribution is 2.31. The summed E-state index contributed by atoms with van der Waals surface area (Å²) in [6, 6.07) is 4.42. The first-order valence-corrected chi connectivity index (χ1v) is 7.41.